The molecule has 1 aromatic carbocycles. The molecule has 14 heavy (non-hydrogen) atoms. The molecule has 1 atom stereocenters. The van der Waals surface area contributed by atoms with E-state index in [-0.39, 0.29) is 0 Å². The molecule has 2 rings (SSSR count). The van der Waals surface area contributed by atoms with Gasteiger partial charge in [-0.2, -0.15) is 0 Å². The van der Waals surface area contributed by atoms with Gasteiger partial charge < -0.3 is 14.6 Å². The van der Waals surface area contributed by atoms with E-state index in [9.17, 15) is 5.11 Å². The third-order valence-electron chi connectivity index (χ3n) is 2.22. The van der Waals surface area contributed by atoms with Crippen molar-refractivity contribution >= 4 is 0 Å². The number of para-hydroxylation sites is 1. The summed E-state index contributed by atoms with van der Waals surface area (Å²) in [6.45, 7) is 3.07. The van der Waals surface area contributed by atoms with Crippen molar-refractivity contribution < 1.29 is 14.6 Å². The van der Waals surface area contributed by atoms with Gasteiger partial charge in [0, 0.05) is 5.56 Å². The molecule has 3 nitrogen and oxygen atoms in total. The van der Waals surface area contributed by atoms with Crippen LogP contribution in [0.25, 0.3) is 0 Å². The second-order valence-corrected chi connectivity index (χ2v) is 3.35. The monoisotopic (exact) mass is 194 g/mol. The predicted octanol–water partition coefficient (Wildman–Crippen LogP) is 1.90. The lowest BCUT2D eigenvalue weighted by atomic mass is 10.1. The van der Waals surface area contributed by atoms with Crippen LogP contribution in [0.15, 0.2) is 18.2 Å². The summed E-state index contributed by atoms with van der Waals surface area (Å²) in [4.78, 5) is 0. The molecule has 0 radical (unpaired) electrons. The molecule has 0 aliphatic carbocycles. The maximum Gasteiger partial charge on any atom is 0.167 e. The molecule has 3 heteroatoms. The molecule has 0 aromatic heterocycles. The molecule has 76 valence electrons. The highest BCUT2D eigenvalue weighted by Crippen LogP contribution is 2.39. The normalized spacial score (nSPS) is 18.9. The van der Waals surface area contributed by atoms with Crippen LogP contribution >= 0.6 is 0 Å². The second kappa shape index (κ2) is 3.88. The van der Waals surface area contributed by atoms with Crippen molar-refractivity contribution in [3.63, 3.8) is 0 Å². The van der Waals surface area contributed by atoms with Crippen LogP contribution in [-0.2, 0) is 0 Å². The van der Waals surface area contributed by atoms with Gasteiger partial charge in [0.15, 0.2) is 11.5 Å². The molecule has 1 aromatic rings. The minimum Gasteiger partial charge on any atom is -0.490 e. The van der Waals surface area contributed by atoms with Gasteiger partial charge in [-0.15, -0.1) is 0 Å². The Hall–Kier alpha value is -1.22. The second-order valence-electron chi connectivity index (χ2n) is 3.35. The van der Waals surface area contributed by atoms with Gasteiger partial charge in [-0.1, -0.05) is 19.1 Å². The fraction of sp³-hybridized carbons (Fsp3) is 0.455. The first-order chi connectivity index (χ1) is 6.83. The Morgan fingerprint density at radius 1 is 1.57 bits per heavy atom. The number of aliphatic hydroxyl groups is 1. The third-order valence-corrected chi connectivity index (χ3v) is 2.22. The molecule has 0 bridgehead atoms. The van der Waals surface area contributed by atoms with Gasteiger partial charge >= 0.3 is 0 Å². The van der Waals surface area contributed by atoms with Crippen LogP contribution < -0.4 is 9.47 Å². The minimum atomic E-state index is -0.504. The molecule has 1 aliphatic rings. The SMILES string of the molecule is CCCOc1cccc2c1OCC2O. The Bertz CT molecular complexity index is 322. The Balaban J connectivity index is 2.25. The molecule has 0 spiro atoms. The first-order valence-electron chi connectivity index (χ1n) is 4.89. The average Bonchev–Trinajstić information content (AvgIpc) is 2.58. The summed E-state index contributed by atoms with van der Waals surface area (Å²) >= 11 is 0. The maximum absolute atomic E-state index is 9.55. The van der Waals surface area contributed by atoms with Crippen LogP contribution in [0.2, 0.25) is 0 Å². The van der Waals surface area contributed by atoms with Gasteiger partial charge in [-0.05, 0) is 12.5 Å². The molecule has 1 heterocycles. The molecule has 0 saturated heterocycles. The van der Waals surface area contributed by atoms with E-state index in [0.29, 0.717) is 19.0 Å². The lowest BCUT2D eigenvalue weighted by Gasteiger charge is -2.08. The van der Waals surface area contributed by atoms with Crippen LogP contribution in [-0.4, -0.2) is 18.3 Å². The lowest BCUT2D eigenvalue weighted by Crippen LogP contribution is -1.97. The molecule has 1 aliphatic heterocycles. The lowest BCUT2D eigenvalue weighted by molar-refractivity contribution is 0.139. The van der Waals surface area contributed by atoms with Crippen LogP contribution in [0.3, 0.4) is 0 Å². The van der Waals surface area contributed by atoms with E-state index in [4.69, 9.17) is 9.47 Å². The molecule has 0 amide bonds. The Kier molecular flexibility index (Phi) is 2.59. The smallest absolute Gasteiger partial charge is 0.167 e. The predicted molar refractivity (Wildman–Crippen MR) is 52.7 cm³/mol. The molecule has 0 saturated carbocycles. The van der Waals surface area contributed by atoms with Gasteiger partial charge in [-0.25, -0.2) is 0 Å². The highest BCUT2D eigenvalue weighted by Gasteiger charge is 2.24. The summed E-state index contributed by atoms with van der Waals surface area (Å²) < 4.78 is 10.9. The van der Waals surface area contributed by atoms with E-state index in [2.05, 4.69) is 6.92 Å². The standard InChI is InChI=1S/C11H14O3/c1-2-6-13-10-5-3-4-8-9(12)7-14-11(8)10/h3-5,9,12H,2,6-7H2,1H3. The number of aliphatic hydroxyl groups excluding tert-OH is 1. The quantitative estimate of drug-likeness (QED) is 0.798. The summed E-state index contributed by atoms with van der Waals surface area (Å²) in [7, 11) is 0. The zero-order valence-electron chi connectivity index (χ0n) is 8.19. The Morgan fingerprint density at radius 3 is 3.21 bits per heavy atom. The van der Waals surface area contributed by atoms with Crippen molar-refractivity contribution in [2.45, 2.75) is 19.4 Å². The van der Waals surface area contributed by atoms with Gasteiger partial charge in [0.25, 0.3) is 0 Å². The number of fused-ring (bicyclic) bond motifs is 1. The van der Waals surface area contributed by atoms with E-state index in [0.717, 1.165) is 17.7 Å². The zero-order chi connectivity index (χ0) is 9.97. The molecule has 1 unspecified atom stereocenters. The van der Waals surface area contributed by atoms with Gasteiger partial charge in [0.05, 0.1) is 6.61 Å². The Labute approximate surface area is 83.3 Å². The van der Waals surface area contributed by atoms with Crippen molar-refractivity contribution in [1.29, 1.82) is 0 Å². The number of rotatable bonds is 3. The highest BCUT2D eigenvalue weighted by atomic mass is 16.5. The van der Waals surface area contributed by atoms with Crippen molar-refractivity contribution in [1.82, 2.24) is 0 Å². The van der Waals surface area contributed by atoms with Crippen molar-refractivity contribution in [2.75, 3.05) is 13.2 Å². The fourth-order valence-electron chi connectivity index (χ4n) is 1.53. The molecule has 0 fully saturated rings. The van der Waals surface area contributed by atoms with Crippen LogP contribution in [0.5, 0.6) is 11.5 Å². The van der Waals surface area contributed by atoms with Gasteiger partial charge in [-0.3, -0.25) is 0 Å². The van der Waals surface area contributed by atoms with Crippen molar-refractivity contribution in [3.05, 3.63) is 23.8 Å². The number of hydrogen-bond acceptors (Lipinski definition) is 3. The van der Waals surface area contributed by atoms with E-state index < -0.39 is 6.10 Å². The van der Waals surface area contributed by atoms with E-state index in [1.165, 1.54) is 0 Å². The van der Waals surface area contributed by atoms with Crippen LogP contribution in [0.4, 0.5) is 0 Å². The highest BCUT2D eigenvalue weighted by molar-refractivity contribution is 5.49. The topological polar surface area (TPSA) is 38.7 Å². The van der Waals surface area contributed by atoms with E-state index in [1.54, 1.807) is 0 Å². The first-order valence-corrected chi connectivity index (χ1v) is 4.89. The molecule has 1 N–H and O–H groups in total. The zero-order valence-corrected chi connectivity index (χ0v) is 8.19. The molecular formula is C11H14O3. The summed E-state index contributed by atoms with van der Waals surface area (Å²) in [6, 6.07) is 5.61. The number of hydrogen-bond donors (Lipinski definition) is 1. The van der Waals surface area contributed by atoms with Gasteiger partial charge in [0.1, 0.15) is 12.7 Å². The summed E-state index contributed by atoms with van der Waals surface area (Å²) in [5.74, 6) is 1.44. The maximum atomic E-state index is 9.55. The fourth-order valence-corrected chi connectivity index (χ4v) is 1.53. The average molecular weight is 194 g/mol. The summed E-state index contributed by atoms with van der Waals surface area (Å²) in [5, 5.41) is 9.55. The summed E-state index contributed by atoms with van der Waals surface area (Å²) in [5.41, 5.74) is 0.832. The third kappa shape index (κ3) is 1.55. The van der Waals surface area contributed by atoms with E-state index >= 15 is 0 Å². The molecular weight excluding hydrogens is 180 g/mol. The first kappa shape index (κ1) is 9.34. The van der Waals surface area contributed by atoms with Crippen LogP contribution in [0.1, 0.15) is 25.0 Å². The number of benzene rings is 1. The minimum absolute atomic E-state index is 0.335. The van der Waals surface area contributed by atoms with E-state index in [1.807, 2.05) is 18.2 Å². The van der Waals surface area contributed by atoms with Crippen LogP contribution in [0, 0.1) is 0 Å². The largest absolute Gasteiger partial charge is 0.490 e. The van der Waals surface area contributed by atoms with Gasteiger partial charge in [0.2, 0.25) is 0 Å². The van der Waals surface area contributed by atoms with Crippen molar-refractivity contribution in [3.8, 4) is 11.5 Å². The summed E-state index contributed by atoms with van der Waals surface area (Å²) in [6.07, 6.45) is 0.460. The van der Waals surface area contributed by atoms with Crippen molar-refractivity contribution in [2.24, 2.45) is 0 Å². The number of ether oxygens (including phenoxy) is 2. The Morgan fingerprint density at radius 2 is 2.43 bits per heavy atom.